The lowest BCUT2D eigenvalue weighted by molar-refractivity contribution is 0.105. The highest BCUT2D eigenvalue weighted by Gasteiger charge is 2.16. The summed E-state index contributed by atoms with van der Waals surface area (Å²) in [6.07, 6.45) is 1.89. The topological polar surface area (TPSA) is 65.5 Å². The molecule has 0 aliphatic carbocycles. The Bertz CT molecular complexity index is 917. The van der Waals surface area contributed by atoms with E-state index < -0.39 is 0 Å². The van der Waals surface area contributed by atoms with Gasteiger partial charge in [-0.1, -0.05) is 42.5 Å². The fraction of sp³-hybridized carbons (Fsp3) is 0.348. The number of hydrogen-bond acceptors (Lipinski definition) is 5. The van der Waals surface area contributed by atoms with E-state index >= 15 is 0 Å². The predicted molar refractivity (Wildman–Crippen MR) is 136 cm³/mol. The van der Waals surface area contributed by atoms with E-state index in [1.807, 2.05) is 43.6 Å². The molecule has 1 saturated heterocycles. The Labute approximate surface area is 208 Å². The lowest BCUT2D eigenvalue weighted by Crippen LogP contribution is -2.36. The fourth-order valence-electron chi connectivity index (χ4n) is 3.65. The highest BCUT2D eigenvalue weighted by Crippen LogP contribution is 2.25. The van der Waals surface area contributed by atoms with Crippen molar-refractivity contribution in [3.05, 3.63) is 72.2 Å². The number of nitrogens with zero attached hydrogens (tertiary/aromatic N) is 3. The first kappa shape index (κ1) is 28.2. The molecule has 1 aliphatic rings. The van der Waals surface area contributed by atoms with Crippen LogP contribution in [0.25, 0.3) is 11.3 Å². The molecular formula is C23H31Cl3N4O2. The van der Waals surface area contributed by atoms with Gasteiger partial charge in [0.25, 0.3) is 0 Å². The molecule has 1 aromatic heterocycles. The third kappa shape index (κ3) is 6.85. The number of nitrogens with two attached hydrogens (primary N) is 1. The van der Waals surface area contributed by atoms with Gasteiger partial charge in [0.05, 0.1) is 44.4 Å². The first-order valence-electron chi connectivity index (χ1n) is 10.0. The Morgan fingerprint density at radius 2 is 1.66 bits per heavy atom. The van der Waals surface area contributed by atoms with Crippen LogP contribution in [0.5, 0.6) is 0 Å². The van der Waals surface area contributed by atoms with E-state index in [1.54, 1.807) is 0 Å². The quantitative estimate of drug-likeness (QED) is 0.520. The number of morpholine rings is 1. The van der Waals surface area contributed by atoms with Crippen molar-refractivity contribution < 1.29 is 9.47 Å². The SMILES string of the molecule is Cl.Cl.Cl.Cn1c(-c2ccc(N3CCOCC3)cc2)cnc1[C@@H](N)COCc1ccccc1. The van der Waals surface area contributed by atoms with Crippen LogP contribution in [-0.2, 0) is 23.1 Å². The van der Waals surface area contributed by atoms with Crippen LogP contribution in [0.3, 0.4) is 0 Å². The number of rotatable bonds is 7. The molecule has 1 fully saturated rings. The third-order valence-electron chi connectivity index (χ3n) is 5.30. The molecule has 176 valence electrons. The Morgan fingerprint density at radius 3 is 2.31 bits per heavy atom. The van der Waals surface area contributed by atoms with Crippen molar-refractivity contribution in [2.24, 2.45) is 12.8 Å². The summed E-state index contributed by atoms with van der Waals surface area (Å²) < 4.78 is 13.3. The van der Waals surface area contributed by atoms with Crippen LogP contribution < -0.4 is 10.6 Å². The zero-order valence-electron chi connectivity index (χ0n) is 18.1. The Balaban J connectivity index is 0.00000171. The largest absolute Gasteiger partial charge is 0.378 e. The second kappa shape index (κ2) is 13.7. The van der Waals surface area contributed by atoms with Gasteiger partial charge >= 0.3 is 0 Å². The summed E-state index contributed by atoms with van der Waals surface area (Å²) in [4.78, 5) is 6.91. The molecule has 1 atom stereocenters. The molecule has 2 N–H and O–H groups in total. The van der Waals surface area contributed by atoms with E-state index in [1.165, 1.54) is 5.69 Å². The van der Waals surface area contributed by atoms with Crippen molar-refractivity contribution in [3.8, 4) is 11.3 Å². The molecule has 1 aliphatic heterocycles. The van der Waals surface area contributed by atoms with Gasteiger partial charge in [-0.3, -0.25) is 0 Å². The van der Waals surface area contributed by atoms with Gasteiger partial charge in [-0.05, 0) is 23.3 Å². The van der Waals surface area contributed by atoms with Gasteiger partial charge < -0.3 is 24.7 Å². The summed E-state index contributed by atoms with van der Waals surface area (Å²) in [7, 11) is 2.00. The number of aromatic nitrogens is 2. The van der Waals surface area contributed by atoms with Gasteiger partial charge in [-0.2, -0.15) is 0 Å². The summed E-state index contributed by atoms with van der Waals surface area (Å²) >= 11 is 0. The summed E-state index contributed by atoms with van der Waals surface area (Å²) in [5.41, 5.74) is 10.9. The molecule has 32 heavy (non-hydrogen) atoms. The zero-order chi connectivity index (χ0) is 20.1. The minimum atomic E-state index is -0.273. The Hall–Kier alpha value is -1.80. The molecule has 0 unspecified atom stereocenters. The van der Waals surface area contributed by atoms with Gasteiger partial charge in [-0.25, -0.2) is 4.98 Å². The van der Waals surface area contributed by atoms with Crippen molar-refractivity contribution in [1.29, 1.82) is 0 Å². The first-order valence-corrected chi connectivity index (χ1v) is 10.0. The van der Waals surface area contributed by atoms with E-state index in [-0.39, 0.29) is 43.3 Å². The normalized spacial score (nSPS) is 14.0. The fourth-order valence-corrected chi connectivity index (χ4v) is 3.65. The summed E-state index contributed by atoms with van der Waals surface area (Å²) in [5.74, 6) is 0.824. The Morgan fingerprint density at radius 1 is 1.00 bits per heavy atom. The minimum Gasteiger partial charge on any atom is -0.378 e. The van der Waals surface area contributed by atoms with E-state index in [2.05, 4.69) is 38.7 Å². The van der Waals surface area contributed by atoms with Crippen molar-refractivity contribution in [2.45, 2.75) is 12.6 Å². The van der Waals surface area contributed by atoms with Crippen molar-refractivity contribution >= 4 is 42.9 Å². The van der Waals surface area contributed by atoms with Crippen LogP contribution in [-0.4, -0.2) is 42.5 Å². The number of ether oxygens (including phenoxy) is 2. The van der Waals surface area contributed by atoms with Crippen LogP contribution >= 0.6 is 37.2 Å². The molecule has 0 bridgehead atoms. The van der Waals surface area contributed by atoms with Crippen molar-refractivity contribution in [1.82, 2.24) is 9.55 Å². The van der Waals surface area contributed by atoms with Crippen molar-refractivity contribution in [3.63, 3.8) is 0 Å². The molecule has 0 amide bonds. The minimum absolute atomic E-state index is 0. The number of hydrogen-bond donors (Lipinski definition) is 1. The molecule has 6 nitrogen and oxygen atoms in total. The maximum atomic E-state index is 6.35. The van der Waals surface area contributed by atoms with Gasteiger partial charge in [0.15, 0.2) is 0 Å². The lowest BCUT2D eigenvalue weighted by Gasteiger charge is -2.28. The van der Waals surface area contributed by atoms with Gasteiger partial charge in [0.2, 0.25) is 0 Å². The van der Waals surface area contributed by atoms with Gasteiger partial charge in [0, 0.05) is 25.8 Å². The van der Waals surface area contributed by atoms with Crippen LogP contribution in [0.4, 0.5) is 5.69 Å². The first-order chi connectivity index (χ1) is 14.2. The summed E-state index contributed by atoms with van der Waals surface area (Å²) in [5, 5.41) is 0. The van der Waals surface area contributed by atoms with Crippen LogP contribution in [0, 0.1) is 0 Å². The second-order valence-corrected chi connectivity index (χ2v) is 7.31. The molecular weight excluding hydrogens is 471 g/mol. The molecule has 9 heteroatoms. The van der Waals surface area contributed by atoms with Crippen molar-refractivity contribution in [2.75, 3.05) is 37.8 Å². The highest BCUT2D eigenvalue weighted by molar-refractivity contribution is 5.86. The maximum Gasteiger partial charge on any atom is 0.128 e. The summed E-state index contributed by atoms with van der Waals surface area (Å²) in [6.45, 7) is 4.43. The molecule has 2 heterocycles. The molecule has 3 aromatic rings. The number of imidazole rings is 1. The predicted octanol–water partition coefficient (Wildman–Crippen LogP) is 4.41. The lowest BCUT2D eigenvalue weighted by atomic mass is 10.1. The standard InChI is InChI=1S/C23H28N4O2.3ClH/c1-26-22(19-7-9-20(10-8-19)27-11-13-28-14-12-27)15-25-23(26)21(24)17-29-16-18-5-3-2-4-6-18;;;/h2-10,15,21H,11-14,16-17,24H2,1H3;3*1H/t21-;;;/m0.../s1. The Kier molecular flexibility index (Phi) is 12.1. The van der Waals surface area contributed by atoms with E-state index in [0.29, 0.717) is 13.2 Å². The smallest absolute Gasteiger partial charge is 0.128 e. The van der Waals surface area contributed by atoms with Crippen LogP contribution in [0.2, 0.25) is 0 Å². The van der Waals surface area contributed by atoms with Crippen LogP contribution in [0.15, 0.2) is 60.8 Å². The average molecular weight is 502 g/mol. The molecule has 0 saturated carbocycles. The second-order valence-electron chi connectivity index (χ2n) is 7.31. The maximum absolute atomic E-state index is 6.35. The third-order valence-corrected chi connectivity index (χ3v) is 5.30. The van der Waals surface area contributed by atoms with E-state index in [0.717, 1.165) is 48.9 Å². The number of benzene rings is 2. The molecule has 0 radical (unpaired) electrons. The zero-order valence-corrected chi connectivity index (χ0v) is 20.5. The number of halogens is 3. The van der Waals surface area contributed by atoms with E-state index in [4.69, 9.17) is 15.2 Å². The van der Waals surface area contributed by atoms with Crippen LogP contribution in [0.1, 0.15) is 17.4 Å². The highest BCUT2D eigenvalue weighted by atomic mass is 35.5. The molecule has 2 aromatic carbocycles. The summed E-state index contributed by atoms with van der Waals surface area (Å²) in [6, 6.07) is 18.4. The van der Waals surface area contributed by atoms with E-state index in [9.17, 15) is 0 Å². The average Bonchev–Trinajstić information content (AvgIpc) is 3.16. The molecule has 4 rings (SSSR count). The monoisotopic (exact) mass is 500 g/mol. The molecule has 0 spiro atoms. The van der Waals surface area contributed by atoms with Gasteiger partial charge in [0.1, 0.15) is 5.82 Å². The van der Waals surface area contributed by atoms with Gasteiger partial charge in [-0.15, -0.1) is 37.2 Å². The number of anilines is 1.